The minimum absolute atomic E-state index is 0.0814. The van der Waals surface area contributed by atoms with Crippen LogP contribution in [0.5, 0.6) is 5.75 Å². The molecule has 0 radical (unpaired) electrons. The maximum absolute atomic E-state index is 12.8. The first-order valence-corrected chi connectivity index (χ1v) is 11.6. The molecule has 8 nitrogen and oxygen atoms in total. The summed E-state index contributed by atoms with van der Waals surface area (Å²) in [6.07, 6.45) is 5.71. The summed E-state index contributed by atoms with van der Waals surface area (Å²) in [6.45, 7) is 1.34. The van der Waals surface area contributed by atoms with E-state index >= 15 is 0 Å². The van der Waals surface area contributed by atoms with E-state index in [-0.39, 0.29) is 23.3 Å². The lowest BCUT2D eigenvalue weighted by molar-refractivity contribution is -0.114. The zero-order valence-electron chi connectivity index (χ0n) is 16.9. The monoisotopic (exact) mass is 431 g/mol. The summed E-state index contributed by atoms with van der Waals surface area (Å²) in [6, 6.07) is 11.4. The van der Waals surface area contributed by atoms with Crippen LogP contribution in [0.4, 0.5) is 17.1 Å². The molecule has 0 atom stereocenters. The van der Waals surface area contributed by atoms with E-state index in [1.165, 1.54) is 38.0 Å². The van der Waals surface area contributed by atoms with Crippen molar-refractivity contribution < 1.29 is 22.7 Å². The fourth-order valence-corrected chi connectivity index (χ4v) is 3.89. The van der Waals surface area contributed by atoms with Crippen molar-refractivity contribution in [3.8, 4) is 5.75 Å². The average molecular weight is 432 g/mol. The van der Waals surface area contributed by atoms with Crippen molar-refractivity contribution in [3.05, 3.63) is 48.0 Å². The molecule has 0 saturated heterocycles. The number of hydrogen-bond acceptors (Lipinski definition) is 5. The van der Waals surface area contributed by atoms with E-state index in [1.807, 2.05) is 0 Å². The molecule has 3 rings (SSSR count). The molecule has 0 spiro atoms. The molecule has 0 aromatic heterocycles. The summed E-state index contributed by atoms with van der Waals surface area (Å²) < 4.78 is 31.5. The number of sulfonamides is 1. The third kappa shape index (κ3) is 6.21. The number of amides is 2. The van der Waals surface area contributed by atoms with Gasteiger partial charge in [0.2, 0.25) is 15.9 Å². The van der Waals surface area contributed by atoms with Crippen LogP contribution in [0.15, 0.2) is 42.5 Å². The Morgan fingerprint density at radius 3 is 2.20 bits per heavy atom. The molecule has 160 valence electrons. The summed E-state index contributed by atoms with van der Waals surface area (Å²) in [5.41, 5.74) is 1.12. The van der Waals surface area contributed by atoms with Crippen molar-refractivity contribution in [2.75, 3.05) is 21.6 Å². The largest absolute Gasteiger partial charge is 0.490 e. The van der Waals surface area contributed by atoms with E-state index in [9.17, 15) is 18.0 Å². The Bertz CT molecular complexity index is 1030. The fraction of sp³-hybridized carbons (Fsp3) is 0.333. The van der Waals surface area contributed by atoms with Crippen molar-refractivity contribution in [3.63, 3.8) is 0 Å². The molecule has 2 aromatic carbocycles. The topological polar surface area (TPSA) is 114 Å². The predicted octanol–water partition coefficient (Wildman–Crippen LogP) is 3.59. The van der Waals surface area contributed by atoms with Crippen LogP contribution in [0.2, 0.25) is 0 Å². The van der Waals surface area contributed by atoms with Gasteiger partial charge in [0.05, 0.1) is 23.6 Å². The lowest BCUT2D eigenvalue weighted by Gasteiger charge is -2.15. The molecule has 1 saturated carbocycles. The van der Waals surface area contributed by atoms with Crippen LogP contribution < -0.4 is 20.1 Å². The first-order valence-electron chi connectivity index (χ1n) is 9.67. The minimum atomic E-state index is -3.59. The van der Waals surface area contributed by atoms with Gasteiger partial charge in [0.1, 0.15) is 5.75 Å². The molecular weight excluding hydrogens is 406 g/mol. The van der Waals surface area contributed by atoms with Gasteiger partial charge in [0.25, 0.3) is 5.91 Å². The SMILES string of the molecule is CC(=O)Nc1ccc(NS(C)(=O)=O)c(C(=O)Nc2ccc(OC3CCCC3)cc2)c1. The van der Waals surface area contributed by atoms with Gasteiger partial charge in [0, 0.05) is 18.3 Å². The zero-order chi connectivity index (χ0) is 21.7. The summed E-state index contributed by atoms with van der Waals surface area (Å²) in [5.74, 6) is -0.0761. The summed E-state index contributed by atoms with van der Waals surface area (Å²) >= 11 is 0. The predicted molar refractivity (Wildman–Crippen MR) is 116 cm³/mol. The van der Waals surface area contributed by atoms with Crippen molar-refractivity contribution in [2.24, 2.45) is 0 Å². The molecule has 0 unspecified atom stereocenters. The van der Waals surface area contributed by atoms with E-state index in [0.717, 1.165) is 24.8 Å². The molecule has 2 aromatic rings. The quantitative estimate of drug-likeness (QED) is 0.620. The van der Waals surface area contributed by atoms with Crippen molar-refractivity contribution in [1.29, 1.82) is 0 Å². The highest BCUT2D eigenvalue weighted by Crippen LogP contribution is 2.26. The van der Waals surface area contributed by atoms with Gasteiger partial charge in [-0.1, -0.05) is 0 Å². The third-order valence-corrected chi connectivity index (χ3v) is 5.19. The smallest absolute Gasteiger partial charge is 0.257 e. The van der Waals surface area contributed by atoms with E-state index in [1.54, 1.807) is 24.3 Å². The Hall–Kier alpha value is -3.07. The number of benzene rings is 2. The van der Waals surface area contributed by atoms with Crippen molar-refractivity contribution >= 4 is 38.9 Å². The van der Waals surface area contributed by atoms with Gasteiger partial charge in [-0.25, -0.2) is 8.42 Å². The molecule has 1 fully saturated rings. The maximum Gasteiger partial charge on any atom is 0.257 e. The Morgan fingerprint density at radius 1 is 0.967 bits per heavy atom. The Balaban J connectivity index is 1.77. The standard InChI is InChI=1S/C21H25N3O5S/c1-14(25)22-16-9-12-20(24-30(2,27)28)19(13-16)21(26)23-15-7-10-18(11-8-15)29-17-5-3-4-6-17/h7-13,17,24H,3-6H2,1-2H3,(H,22,25)(H,23,26). The Morgan fingerprint density at radius 2 is 1.60 bits per heavy atom. The van der Waals surface area contributed by atoms with Crippen LogP contribution in [0.3, 0.4) is 0 Å². The van der Waals surface area contributed by atoms with Crippen LogP contribution in [0, 0.1) is 0 Å². The molecular formula is C21H25N3O5S. The summed E-state index contributed by atoms with van der Waals surface area (Å²) in [7, 11) is -3.59. The van der Waals surface area contributed by atoms with E-state index in [4.69, 9.17) is 4.74 Å². The summed E-state index contributed by atoms with van der Waals surface area (Å²) in [5, 5.41) is 5.33. The van der Waals surface area contributed by atoms with Crippen molar-refractivity contribution in [2.45, 2.75) is 38.7 Å². The molecule has 1 aliphatic carbocycles. The minimum Gasteiger partial charge on any atom is -0.490 e. The van der Waals surface area contributed by atoms with Crippen LogP contribution >= 0.6 is 0 Å². The normalized spacial score (nSPS) is 14.2. The second-order valence-electron chi connectivity index (χ2n) is 7.32. The van der Waals surface area contributed by atoms with Gasteiger partial charge in [-0.05, 0) is 68.1 Å². The first kappa shape index (κ1) is 21.6. The number of carbonyl (C=O) groups excluding carboxylic acids is 2. The lowest BCUT2D eigenvalue weighted by Crippen LogP contribution is -2.18. The van der Waals surface area contributed by atoms with Gasteiger partial charge >= 0.3 is 0 Å². The van der Waals surface area contributed by atoms with Gasteiger partial charge in [-0.2, -0.15) is 0 Å². The van der Waals surface area contributed by atoms with Crippen LogP contribution in [-0.2, 0) is 14.8 Å². The fourth-order valence-electron chi connectivity index (χ4n) is 3.32. The van der Waals surface area contributed by atoms with Gasteiger partial charge < -0.3 is 15.4 Å². The van der Waals surface area contributed by atoms with Gasteiger partial charge in [0.15, 0.2) is 0 Å². The zero-order valence-corrected chi connectivity index (χ0v) is 17.7. The lowest BCUT2D eigenvalue weighted by atomic mass is 10.1. The Kier molecular flexibility index (Phi) is 6.61. The molecule has 0 heterocycles. The number of anilines is 3. The molecule has 0 aliphatic heterocycles. The maximum atomic E-state index is 12.8. The number of rotatable bonds is 7. The second kappa shape index (κ2) is 9.17. The number of carbonyl (C=O) groups is 2. The molecule has 2 amide bonds. The van der Waals surface area contributed by atoms with E-state index < -0.39 is 15.9 Å². The van der Waals surface area contributed by atoms with E-state index in [2.05, 4.69) is 15.4 Å². The Labute approximate surface area is 176 Å². The number of nitrogens with one attached hydrogen (secondary N) is 3. The molecule has 0 bridgehead atoms. The van der Waals surface area contributed by atoms with Crippen LogP contribution in [0.25, 0.3) is 0 Å². The highest BCUT2D eigenvalue weighted by molar-refractivity contribution is 7.92. The van der Waals surface area contributed by atoms with Crippen molar-refractivity contribution in [1.82, 2.24) is 0 Å². The summed E-state index contributed by atoms with van der Waals surface area (Å²) in [4.78, 5) is 24.2. The van der Waals surface area contributed by atoms with Gasteiger partial charge in [-0.3, -0.25) is 14.3 Å². The van der Waals surface area contributed by atoms with Gasteiger partial charge in [-0.15, -0.1) is 0 Å². The number of ether oxygens (including phenoxy) is 1. The average Bonchev–Trinajstić information content (AvgIpc) is 3.16. The van der Waals surface area contributed by atoms with E-state index in [0.29, 0.717) is 11.4 Å². The third-order valence-electron chi connectivity index (χ3n) is 4.60. The molecule has 9 heteroatoms. The first-order chi connectivity index (χ1) is 14.2. The van der Waals surface area contributed by atoms with Crippen LogP contribution in [-0.4, -0.2) is 32.6 Å². The molecule has 3 N–H and O–H groups in total. The number of hydrogen-bond donors (Lipinski definition) is 3. The molecule has 1 aliphatic rings. The molecule has 30 heavy (non-hydrogen) atoms. The second-order valence-corrected chi connectivity index (χ2v) is 9.07. The highest BCUT2D eigenvalue weighted by Gasteiger charge is 2.18. The highest BCUT2D eigenvalue weighted by atomic mass is 32.2. The van der Waals surface area contributed by atoms with Crippen LogP contribution in [0.1, 0.15) is 43.0 Å².